The van der Waals surface area contributed by atoms with Crippen molar-refractivity contribution in [2.75, 3.05) is 13.2 Å². The summed E-state index contributed by atoms with van der Waals surface area (Å²) in [5.74, 6) is -1.66. The Labute approximate surface area is 693 Å². The third-order valence-corrected chi connectivity index (χ3v) is 15.6. The lowest BCUT2D eigenvalue weighted by atomic mass is 10.0. The van der Waals surface area contributed by atoms with E-state index in [1.165, 1.54) is 48.5 Å². The number of imidazole rings is 1. The molecular weight excluding hydrogens is 1690 g/mol. The fraction of sp³-hybridized carbons (Fsp3) is 0.333. The fourth-order valence-electron chi connectivity index (χ4n) is 9.43. The molecule has 0 spiro atoms. The molecule has 1 saturated heterocycles. The van der Waals surface area contributed by atoms with E-state index >= 15 is 0 Å². The van der Waals surface area contributed by atoms with Crippen LogP contribution in [-0.4, -0.2) is 98.7 Å². The summed E-state index contributed by atoms with van der Waals surface area (Å²) in [6, 6.07) is 40.4. The van der Waals surface area contributed by atoms with E-state index in [1.807, 2.05) is 51.1 Å². The van der Waals surface area contributed by atoms with Crippen LogP contribution in [0.25, 0.3) is 22.4 Å². The predicted octanol–water partition coefficient (Wildman–Crippen LogP) is 22.7. The molecule has 1 aliphatic rings. The lowest BCUT2D eigenvalue weighted by Crippen LogP contribution is -2.22. The number of fused-ring (bicyclic) bond motifs is 1. The quantitative estimate of drug-likeness (QED) is 0.0237. The number of nitriles is 1. The van der Waals surface area contributed by atoms with Crippen LogP contribution in [0.1, 0.15) is 149 Å². The molecule has 37 heteroatoms. The summed E-state index contributed by atoms with van der Waals surface area (Å²) < 4.78 is 210. The van der Waals surface area contributed by atoms with Crippen molar-refractivity contribution in [1.29, 1.82) is 5.26 Å². The lowest BCUT2D eigenvalue weighted by Gasteiger charge is -2.11. The second kappa shape index (κ2) is 51.6. The number of phenolic OH excluding ortho intramolecular Hbond substituents is 1. The number of rotatable bonds is 18. The van der Waals surface area contributed by atoms with Gasteiger partial charge in [0.25, 0.3) is 0 Å². The number of nitrogens with zero attached hydrogens (tertiary/aromatic N) is 6. The van der Waals surface area contributed by atoms with Crippen LogP contribution in [0.4, 0.5) is 65.9 Å². The molecule has 0 radical (unpaired) electrons. The Morgan fingerprint density at radius 1 is 0.610 bits per heavy atom. The number of ether oxygens (including phenoxy) is 2. The van der Waals surface area contributed by atoms with Gasteiger partial charge in [0.15, 0.2) is 11.4 Å². The second-order valence-electron chi connectivity index (χ2n) is 25.1. The van der Waals surface area contributed by atoms with Crippen molar-refractivity contribution in [3.8, 4) is 29.0 Å². The second-order valence-corrected chi connectivity index (χ2v) is 28.2. The van der Waals surface area contributed by atoms with Crippen LogP contribution in [0.15, 0.2) is 182 Å². The highest BCUT2D eigenvalue weighted by atomic mass is 36.0. The Bertz CT molecular complexity index is 4560. The maximum Gasteiger partial charge on any atom is 0.416 e. The van der Waals surface area contributed by atoms with E-state index in [2.05, 4.69) is 41.5 Å². The maximum atomic E-state index is 12.9. The number of carbonyl (C=O) groups excluding carboxylic acids is 3. The number of alkyl halides is 15. The van der Waals surface area contributed by atoms with Crippen LogP contribution in [0.5, 0.6) is 11.6 Å². The molecule has 2 unspecified atom stereocenters. The minimum absolute atomic E-state index is 0. The van der Waals surface area contributed by atoms with E-state index in [4.69, 9.17) is 58.0 Å². The molecule has 3 heterocycles. The predicted molar refractivity (Wildman–Crippen MR) is 421 cm³/mol. The Morgan fingerprint density at radius 2 is 0.983 bits per heavy atom. The molecule has 0 saturated carbocycles. The summed E-state index contributed by atoms with van der Waals surface area (Å²) in [5, 5.41) is 36.6. The molecule has 10 rings (SSSR count). The lowest BCUT2D eigenvalue weighted by molar-refractivity contribution is -0.138. The highest BCUT2D eigenvalue weighted by molar-refractivity contribution is 8.26. The first-order valence-electron chi connectivity index (χ1n) is 33.6. The van der Waals surface area contributed by atoms with Gasteiger partial charge in [-0.3, -0.25) is 27.9 Å². The van der Waals surface area contributed by atoms with Gasteiger partial charge in [-0.05, 0) is 177 Å². The first-order valence-corrected chi connectivity index (χ1v) is 37.1. The third-order valence-electron chi connectivity index (χ3n) is 15.0. The van der Waals surface area contributed by atoms with E-state index in [9.17, 15) is 95.2 Å². The number of aliphatic carboxylic acids is 1. The molecule has 0 aliphatic carbocycles. The molecule has 9 aromatic rings. The van der Waals surface area contributed by atoms with Gasteiger partial charge in [-0.25, -0.2) is 14.2 Å². The van der Waals surface area contributed by atoms with E-state index in [0.717, 1.165) is 103 Å². The zero-order chi connectivity index (χ0) is 86.7. The summed E-state index contributed by atoms with van der Waals surface area (Å²) in [4.78, 5) is 55.2. The van der Waals surface area contributed by atoms with E-state index < -0.39 is 91.0 Å². The Hall–Kier alpha value is -9.75. The molecule has 0 bridgehead atoms. The molecule has 2 atom stereocenters. The SMILES string of the molecule is C.C.C.CC(C)(C)OCl.CCOC(C)C(=O)Cc1ccc(C(F)(F)F)cc1.N#CCC1CCCO1.O=C(Cl)Cc1ccc(C(F)(F)F)cc1.O=C(O)Cc1ccc(C(F)(F)F)cc1.O=S(Cl)Cl.Oc1ccc(-c2cn3c(O)c(Cc4ccc(C(F)(F)F)cc4)nc3c(Cc3ccccc3)n2)cc1.[N-]=[N+]=CC(=O)Cc1ccc(C(F)(F)F)cc1. The largest absolute Gasteiger partial charge is 0.508 e. The summed E-state index contributed by atoms with van der Waals surface area (Å²) >= 11 is 10.1. The molecule has 2 aromatic heterocycles. The van der Waals surface area contributed by atoms with Crippen LogP contribution in [0.2, 0.25) is 0 Å². The van der Waals surface area contributed by atoms with Crippen LogP contribution in [0.3, 0.4) is 0 Å². The number of benzene rings is 7. The number of carboxylic acid groups (broad SMARTS) is 1. The van der Waals surface area contributed by atoms with Gasteiger partial charge in [0, 0.05) is 78.4 Å². The maximum absolute atomic E-state index is 12.9. The molecular formula is C81H85Cl4F15N6O11S. The van der Waals surface area contributed by atoms with Crippen LogP contribution < -0.4 is 0 Å². The minimum atomic E-state index is -4.41. The molecule has 1 fully saturated rings. The van der Waals surface area contributed by atoms with Gasteiger partial charge in [0.05, 0.1) is 81.7 Å². The first-order chi connectivity index (χ1) is 53.6. The van der Waals surface area contributed by atoms with Crippen molar-refractivity contribution in [1.82, 2.24) is 14.4 Å². The number of phenols is 1. The van der Waals surface area contributed by atoms with Crippen molar-refractivity contribution in [3.05, 3.63) is 260 Å². The minimum Gasteiger partial charge on any atom is -0.508 e. The normalized spacial score (nSPS) is 12.5. The summed E-state index contributed by atoms with van der Waals surface area (Å²) in [7, 11) is 7.36. The molecule has 7 aromatic carbocycles. The summed E-state index contributed by atoms with van der Waals surface area (Å²) in [6.45, 7) is 10.4. The highest BCUT2D eigenvalue weighted by Crippen LogP contribution is 2.35. The number of hydrogen-bond donors (Lipinski definition) is 3. The monoisotopic (exact) mass is 1770 g/mol. The topological polar surface area (TPSA) is 264 Å². The number of ketones is 2. The van der Waals surface area contributed by atoms with Crippen LogP contribution in [0, 0.1) is 11.3 Å². The highest BCUT2D eigenvalue weighted by Gasteiger charge is 2.34. The molecule has 17 nitrogen and oxygen atoms in total. The summed E-state index contributed by atoms with van der Waals surface area (Å²) in [5.41, 5.74) is 10.3. The number of hydrogen-bond acceptors (Lipinski definition) is 13. The number of aromatic hydroxyl groups is 2. The molecule has 3 N–H and O–H groups in total. The zero-order valence-corrected chi connectivity index (χ0v) is 65.1. The van der Waals surface area contributed by atoms with E-state index in [0.29, 0.717) is 76.2 Å². The smallest absolute Gasteiger partial charge is 0.416 e. The first kappa shape index (κ1) is 108. The van der Waals surface area contributed by atoms with Gasteiger partial charge < -0.3 is 30.3 Å². The van der Waals surface area contributed by atoms with Gasteiger partial charge in [-0.2, -0.15) is 75.9 Å². The van der Waals surface area contributed by atoms with Gasteiger partial charge >= 0.3 is 43.1 Å². The summed E-state index contributed by atoms with van der Waals surface area (Å²) in [6.07, 6.45) is -16.7. The van der Waals surface area contributed by atoms with Crippen LogP contribution in [-0.2, 0) is 112 Å². The number of carbonyl (C=O) groups is 4. The Morgan fingerprint density at radius 3 is 1.33 bits per heavy atom. The molecule has 644 valence electrons. The van der Waals surface area contributed by atoms with Gasteiger partial charge in [-0.15, -0.1) is 0 Å². The van der Waals surface area contributed by atoms with Crippen molar-refractivity contribution >= 4 is 88.7 Å². The van der Waals surface area contributed by atoms with Crippen LogP contribution >= 0.6 is 44.8 Å². The Kier molecular flexibility index (Phi) is 47.3. The molecule has 118 heavy (non-hydrogen) atoms. The molecule has 1 aliphatic heterocycles. The van der Waals surface area contributed by atoms with Crippen molar-refractivity contribution in [2.24, 2.45) is 0 Å². The number of aromatic nitrogens is 3. The standard InChI is InChI=1S/C27H20F3N3O2.C13H15F3O2.C10H7F3N2O.C9H6ClF3O.C9H7F3O2.C6H9NO.C4H9ClO.3CH4.Cl2OS/c28-27(29,30)20-10-6-18(7-11-20)15-23-26(35)33-16-24(19-8-12-21(34)13-9-19)31-22(25(33)32-23)14-17-4-2-1-3-5-17;1-3-18-9(2)12(17)8-10-4-6-11(7-5-10)13(14,15)16;11-10(12,13)8-3-1-7(2-4-8)5-9(16)6-15-14;10-8(14)5-6-1-3-7(4-2-6)9(11,12)13;10-9(11,12)7-3-1-6(2-4-7)5-8(13)14;7-4-3-6-2-1-5-8-6;1-4(2,3)6-5;;;;1-4(2)3/h1-13,16,34-35H,14-15H2;4-7,9H,3,8H2,1-2H3;1-4,6H,5H2;1-4H,5H2;1-4H,5H2,(H,13,14);6H,1-3,5H2;1-3H3;3*1H4;. The number of Topliss-reactive ketones (excluding diaryl/α,β-unsaturated/α-hetero) is 2. The Balaban J connectivity index is 0.00000143. The number of halogens is 19. The fourth-order valence-corrected chi connectivity index (χ4v) is 9.59. The van der Waals surface area contributed by atoms with Gasteiger partial charge in [0.2, 0.25) is 26.1 Å². The average molecular weight is 1780 g/mol. The molecule has 0 amide bonds. The number of carboxylic acids is 1. The van der Waals surface area contributed by atoms with Crippen molar-refractivity contribution < 1.29 is 123 Å². The average Bonchev–Trinajstić information content (AvgIpc) is 1.61. The van der Waals surface area contributed by atoms with E-state index in [1.54, 1.807) is 48.7 Å². The van der Waals surface area contributed by atoms with Crippen molar-refractivity contribution in [2.45, 2.75) is 163 Å². The van der Waals surface area contributed by atoms with Crippen molar-refractivity contribution in [3.63, 3.8) is 0 Å². The van der Waals surface area contributed by atoms with E-state index in [-0.39, 0.29) is 83.5 Å². The zero-order valence-electron chi connectivity index (χ0n) is 61.2. The van der Waals surface area contributed by atoms with Gasteiger partial charge in [-0.1, -0.05) is 113 Å². The third kappa shape index (κ3) is 42.1. The van der Waals surface area contributed by atoms with Gasteiger partial charge in [0.1, 0.15) is 17.5 Å².